The number of rotatable bonds is 9. The van der Waals surface area contributed by atoms with Gasteiger partial charge >= 0.3 is 0 Å². The lowest BCUT2D eigenvalue weighted by Crippen LogP contribution is -2.41. The average molecular weight is 470 g/mol. The van der Waals surface area contributed by atoms with Crippen LogP contribution in [0.5, 0.6) is 0 Å². The third-order valence-corrected chi connectivity index (χ3v) is 7.05. The van der Waals surface area contributed by atoms with E-state index < -0.39 is 0 Å². The summed E-state index contributed by atoms with van der Waals surface area (Å²) in [5.74, 6) is 2.18. The van der Waals surface area contributed by atoms with E-state index in [1.165, 1.54) is 12.8 Å². The molecule has 1 amide bonds. The number of ether oxygens (including phenoxy) is 1. The molecule has 2 aromatic rings. The number of benzene rings is 1. The van der Waals surface area contributed by atoms with Crippen molar-refractivity contribution in [3.63, 3.8) is 0 Å². The average Bonchev–Trinajstić information content (AvgIpc) is 3.39. The summed E-state index contributed by atoms with van der Waals surface area (Å²) >= 11 is 1.66. The quantitative estimate of drug-likeness (QED) is 0.445. The summed E-state index contributed by atoms with van der Waals surface area (Å²) in [7, 11) is 0. The molecule has 33 heavy (non-hydrogen) atoms. The van der Waals surface area contributed by atoms with Gasteiger partial charge in [0.2, 0.25) is 0 Å². The van der Waals surface area contributed by atoms with Gasteiger partial charge < -0.3 is 15.0 Å². The zero-order chi connectivity index (χ0) is 23.0. The van der Waals surface area contributed by atoms with E-state index in [1.807, 2.05) is 24.3 Å². The molecule has 7 nitrogen and oxygen atoms in total. The number of nitrogens with one attached hydrogen (secondary N) is 1. The maximum atomic E-state index is 12.5. The van der Waals surface area contributed by atoms with Crippen molar-refractivity contribution in [1.82, 2.24) is 20.2 Å². The number of carbonyl (C=O) groups is 1. The van der Waals surface area contributed by atoms with Crippen LogP contribution in [0.3, 0.4) is 0 Å². The first-order chi connectivity index (χ1) is 16.1. The third-order valence-electron chi connectivity index (χ3n) is 6.13. The van der Waals surface area contributed by atoms with Crippen LogP contribution < -0.4 is 10.2 Å². The molecule has 0 spiro atoms. The standard InChI is InChI=1S/C25H35N5O2S/c1-19(2)22-17-23(30-10-3-4-11-30)28-25(27-22)33-18-20-5-7-21(8-6-20)24(31)26-9-12-29-13-15-32-16-14-29/h5-8,17,19H,3-4,9-16,18H2,1-2H3,(H,26,31). The molecule has 0 saturated carbocycles. The number of hydrogen-bond donors (Lipinski definition) is 1. The van der Waals surface area contributed by atoms with E-state index >= 15 is 0 Å². The Hall–Kier alpha value is -2.16. The monoisotopic (exact) mass is 469 g/mol. The molecule has 1 aromatic heterocycles. The van der Waals surface area contributed by atoms with Crippen LogP contribution in [0.4, 0.5) is 5.82 Å². The second kappa shape index (κ2) is 11.8. The van der Waals surface area contributed by atoms with Crippen LogP contribution in [0.2, 0.25) is 0 Å². The minimum Gasteiger partial charge on any atom is -0.379 e. The highest BCUT2D eigenvalue weighted by molar-refractivity contribution is 7.98. The van der Waals surface area contributed by atoms with Gasteiger partial charge in [0.05, 0.1) is 13.2 Å². The Morgan fingerprint density at radius 2 is 1.82 bits per heavy atom. The van der Waals surface area contributed by atoms with Crippen LogP contribution >= 0.6 is 11.8 Å². The molecule has 1 aromatic carbocycles. The molecule has 0 bridgehead atoms. The molecule has 1 N–H and O–H groups in total. The van der Waals surface area contributed by atoms with Crippen LogP contribution in [-0.2, 0) is 10.5 Å². The summed E-state index contributed by atoms with van der Waals surface area (Å²) in [4.78, 5) is 26.8. The highest BCUT2D eigenvalue weighted by Gasteiger charge is 2.17. The van der Waals surface area contributed by atoms with Crippen molar-refractivity contribution in [2.24, 2.45) is 0 Å². The highest BCUT2D eigenvalue weighted by Crippen LogP contribution is 2.27. The fourth-order valence-electron chi connectivity index (χ4n) is 4.05. The number of carbonyl (C=O) groups excluding carboxylic acids is 1. The summed E-state index contributed by atoms with van der Waals surface area (Å²) in [6, 6.07) is 10.0. The molecule has 3 heterocycles. The topological polar surface area (TPSA) is 70.6 Å². The number of anilines is 1. The Bertz CT molecular complexity index is 910. The molecule has 2 fully saturated rings. The van der Waals surface area contributed by atoms with Crippen molar-refractivity contribution in [2.75, 3.05) is 57.4 Å². The van der Waals surface area contributed by atoms with Crippen LogP contribution in [-0.4, -0.2) is 73.3 Å². The van der Waals surface area contributed by atoms with Crippen LogP contribution in [0, 0.1) is 0 Å². The lowest BCUT2D eigenvalue weighted by atomic mass is 10.1. The van der Waals surface area contributed by atoms with Gasteiger partial charge in [0.15, 0.2) is 5.16 Å². The van der Waals surface area contributed by atoms with E-state index in [4.69, 9.17) is 14.7 Å². The summed E-state index contributed by atoms with van der Waals surface area (Å²) in [6.45, 7) is 11.4. The predicted molar refractivity (Wildman–Crippen MR) is 133 cm³/mol. The minimum atomic E-state index is -0.0225. The van der Waals surface area contributed by atoms with Gasteiger partial charge in [0.1, 0.15) is 5.82 Å². The smallest absolute Gasteiger partial charge is 0.251 e. The zero-order valence-corrected chi connectivity index (χ0v) is 20.6. The van der Waals surface area contributed by atoms with Crippen LogP contribution in [0.15, 0.2) is 35.5 Å². The molecular weight excluding hydrogens is 434 g/mol. The van der Waals surface area contributed by atoms with E-state index in [9.17, 15) is 4.79 Å². The maximum Gasteiger partial charge on any atom is 0.251 e. The van der Waals surface area contributed by atoms with Gasteiger partial charge in [-0.2, -0.15) is 0 Å². The molecule has 0 aliphatic carbocycles. The van der Waals surface area contributed by atoms with Gasteiger partial charge in [-0.15, -0.1) is 0 Å². The van der Waals surface area contributed by atoms with Gasteiger partial charge in [-0.05, 0) is 36.5 Å². The molecule has 8 heteroatoms. The van der Waals surface area contributed by atoms with Crippen LogP contribution in [0.1, 0.15) is 54.2 Å². The molecular formula is C25H35N5O2S. The lowest BCUT2D eigenvalue weighted by molar-refractivity contribution is 0.0383. The minimum absolute atomic E-state index is 0.0225. The Morgan fingerprint density at radius 1 is 1.09 bits per heavy atom. The van der Waals surface area contributed by atoms with Crippen molar-refractivity contribution < 1.29 is 9.53 Å². The molecule has 2 aliphatic heterocycles. The summed E-state index contributed by atoms with van der Waals surface area (Å²) in [6.07, 6.45) is 2.47. The summed E-state index contributed by atoms with van der Waals surface area (Å²) in [5, 5.41) is 3.85. The molecule has 0 radical (unpaired) electrons. The first-order valence-corrected chi connectivity index (χ1v) is 13.0. The van der Waals surface area contributed by atoms with Gasteiger partial charge in [0, 0.05) is 62.3 Å². The van der Waals surface area contributed by atoms with E-state index in [2.05, 4.69) is 35.0 Å². The Labute approximate surface area is 201 Å². The van der Waals surface area contributed by atoms with Gasteiger partial charge in [-0.3, -0.25) is 9.69 Å². The Kier molecular flexibility index (Phi) is 8.58. The molecule has 0 atom stereocenters. The first-order valence-electron chi connectivity index (χ1n) is 12.0. The number of aromatic nitrogens is 2. The third kappa shape index (κ3) is 6.91. The highest BCUT2D eigenvalue weighted by atomic mass is 32.2. The predicted octanol–water partition coefficient (Wildman–Crippen LogP) is 3.55. The number of nitrogens with zero attached hydrogens (tertiary/aromatic N) is 4. The molecule has 0 unspecified atom stereocenters. The normalized spacial score (nSPS) is 17.0. The van der Waals surface area contributed by atoms with E-state index in [1.54, 1.807) is 11.8 Å². The van der Waals surface area contributed by atoms with E-state index in [-0.39, 0.29) is 5.91 Å². The molecule has 4 rings (SSSR count). The molecule has 2 aliphatic rings. The van der Waals surface area contributed by atoms with E-state index in [0.29, 0.717) is 18.0 Å². The number of thioether (sulfide) groups is 1. The number of hydrogen-bond acceptors (Lipinski definition) is 7. The molecule has 2 saturated heterocycles. The van der Waals surface area contributed by atoms with Crippen molar-refractivity contribution >= 4 is 23.5 Å². The Balaban J connectivity index is 1.30. The van der Waals surface area contributed by atoms with Crippen molar-refractivity contribution in [3.05, 3.63) is 47.2 Å². The summed E-state index contributed by atoms with van der Waals surface area (Å²) in [5.41, 5.74) is 2.95. The number of amides is 1. The maximum absolute atomic E-state index is 12.5. The second-order valence-electron chi connectivity index (χ2n) is 8.98. The lowest BCUT2D eigenvalue weighted by Gasteiger charge is -2.26. The van der Waals surface area contributed by atoms with Gasteiger partial charge in [-0.1, -0.05) is 37.7 Å². The van der Waals surface area contributed by atoms with Gasteiger partial charge in [0.25, 0.3) is 5.91 Å². The van der Waals surface area contributed by atoms with Crippen molar-refractivity contribution in [1.29, 1.82) is 0 Å². The van der Waals surface area contributed by atoms with E-state index in [0.717, 1.165) is 73.9 Å². The fourth-order valence-corrected chi connectivity index (χ4v) is 4.87. The SMILES string of the molecule is CC(C)c1cc(N2CCCC2)nc(SCc2ccc(C(=O)NCCN3CCOCC3)cc2)n1. The largest absolute Gasteiger partial charge is 0.379 e. The van der Waals surface area contributed by atoms with Crippen LogP contribution in [0.25, 0.3) is 0 Å². The van der Waals surface area contributed by atoms with Crippen molar-refractivity contribution in [3.8, 4) is 0 Å². The number of morpholine rings is 1. The summed E-state index contributed by atoms with van der Waals surface area (Å²) < 4.78 is 5.36. The first kappa shape index (κ1) is 24.0. The Morgan fingerprint density at radius 3 is 2.52 bits per heavy atom. The van der Waals surface area contributed by atoms with Crippen molar-refractivity contribution in [2.45, 2.75) is 43.5 Å². The molecule has 178 valence electrons. The fraction of sp³-hybridized carbons (Fsp3) is 0.560. The second-order valence-corrected chi connectivity index (χ2v) is 9.92. The zero-order valence-electron chi connectivity index (χ0n) is 19.8. The van der Waals surface area contributed by atoms with Gasteiger partial charge in [-0.25, -0.2) is 9.97 Å².